The van der Waals surface area contributed by atoms with Crippen molar-refractivity contribution >= 4 is 0 Å². The Hall–Kier alpha value is -0.920. The summed E-state index contributed by atoms with van der Waals surface area (Å²) in [6.07, 6.45) is 9.16. The third kappa shape index (κ3) is 3.98. The molecular weight excluding hydrogens is 184 g/mol. The van der Waals surface area contributed by atoms with Gasteiger partial charge in [0.1, 0.15) is 0 Å². The van der Waals surface area contributed by atoms with Gasteiger partial charge < -0.3 is 0 Å². The molecule has 0 unspecified atom stereocenters. The molecule has 1 aromatic heterocycles. The molecule has 0 saturated heterocycles. The predicted octanol–water partition coefficient (Wildman–Crippen LogP) is 3.47. The zero-order valence-electron chi connectivity index (χ0n) is 10.2. The van der Waals surface area contributed by atoms with Gasteiger partial charge in [0, 0.05) is 6.20 Å². The van der Waals surface area contributed by atoms with E-state index in [1.165, 1.54) is 37.1 Å². The summed E-state index contributed by atoms with van der Waals surface area (Å²) in [5, 5.41) is 0. The Morgan fingerprint density at radius 2 is 1.87 bits per heavy atom. The summed E-state index contributed by atoms with van der Waals surface area (Å²) in [5.74, 6) is 0. The first-order valence-corrected chi connectivity index (χ1v) is 6.09. The topological polar surface area (TPSA) is 25.8 Å². The van der Waals surface area contributed by atoms with Crippen molar-refractivity contribution in [3.8, 4) is 0 Å². The maximum absolute atomic E-state index is 4.53. The highest BCUT2D eigenvalue weighted by molar-refractivity contribution is 5.13. The van der Waals surface area contributed by atoms with Gasteiger partial charge in [0.2, 0.25) is 0 Å². The lowest BCUT2D eigenvalue weighted by molar-refractivity contribution is 0.654. The highest BCUT2D eigenvalue weighted by Gasteiger charge is 2.03. The summed E-state index contributed by atoms with van der Waals surface area (Å²) < 4.78 is 0. The van der Waals surface area contributed by atoms with Gasteiger partial charge in [-0.15, -0.1) is 0 Å². The van der Waals surface area contributed by atoms with Crippen LogP contribution in [0.2, 0.25) is 0 Å². The Morgan fingerprint density at radius 1 is 1.07 bits per heavy atom. The molecule has 1 rings (SSSR count). The van der Waals surface area contributed by atoms with Gasteiger partial charge >= 0.3 is 0 Å². The first-order chi connectivity index (χ1) is 7.27. The summed E-state index contributed by atoms with van der Waals surface area (Å²) in [6.45, 7) is 6.40. The van der Waals surface area contributed by atoms with Gasteiger partial charge in [-0.05, 0) is 26.2 Å². The van der Waals surface area contributed by atoms with E-state index in [4.69, 9.17) is 0 Å². The Labute approximate surface area is 93.2 Å². The van der Waals surface area contributed by atoms with Gasteiger partial charge in [0.15, 0.2) is 0 Å². The summed E-state index contributed by atoms with van der Waals surface area (Å²) in [4.78, 5) is 9.01. The van der Waals surface area contributed by atoms with Crippen molar-refractivity contribution in [3.63, 3.8) is 0 Å². The van der Waals surface area contributed by atoms with Crippen LogP contribution in [-0.2, 0) is 12.8 Å². The van der Waals surface area contributed by atoms with Crippen molar-refractivity contribution in [2.45, 2.75) is 59.3 Å². The van der Waals surface area contributed by atoms with Crippen LogP contribution in [0.15, 0.2) is 6.20 Å². The smallest absolute Gasteiger partial charge is 0.0619 e. The van der Waals surface area contributed by atoms with Gasteiger partial charge in [-0.2, -0.15) is 0 Å². The fraction of sp³-hybridized carbons (Fsp3) is 0.692. The van der Waals surface area contributed by atoms with Gasteiger partial charge in [-0.3, -0.25) is 9.97 Å². The minimum atomic E-state index is 0.998. The van der Waals surface area contributed by atoms with Crippen molar-refractivity contribution in [2.24, 2.45) is 0 Å². The molecule has 0 aliphatic heterocycles. The second-order valence-electron chi connectivity index (χ2n) is 4.07. The van der Waals surface area contributed by atoms with E-state index in [0.717, 1.165) is 18.5 Å². The molecule has 0 bridgehead atoms. The minimum Gasteiger partial charge on any atom is -0.258 e. The highest BCUT2D eigenvalue weighted by Crippen LogP contribution is 2.10. The van der Waals surface area contributed by atoms with Crippen molar-refractivity contribution in [1.82, 2.24) is 9.97 Å². The molecule has 1 heterocycles. The Bertz CT molecular complexity index is 295. The van der Waals surface area contributed by atoms with Crippen LogP contribution in [0.5, 0.6) is 0 Å². The van der Waals surface area contributed by atoms with E-state index in [2.05, 4.69) is 23.8 Å². The van der Waals surface area contributed by atoms with Gasteiger partial charge in [0.25, 0.3) is 0 Å². The summed E-state index contributed by atoms with van der Waals surface area (Å²) in [7, 11) is 0. The minimum absolute atomic E-state index is 0.998. The Balaban J connectivity index is 2.52. The lowest BCUT2D eigenvalue weighted by Gasteiger charge is -2.06. The van der Waals surface area contributed by atoms with E-state index in [-0.39, 0.29) is 0 Å². The molecule has 0 amide bonds. The largest absolute Gasteiger partial charge is 0.258 e. The summed E-state index contributed by atoms with van der Waals surface area (Å²) in [5.41, 5.74) is 3.43. The number of hydrogen-bond donors (Lipinski definition) is 0. The molecule has 15 heavy (non-hydrogen) atoms. The van der Waals surface area contributed by atoms with Crippen LogP contribution in [0.4, 0.5) is 0 Å². The summed E-state index contributed by atoms with van der Waals surface area (Å²) >= 11 is 0. The third-order valence-corrected chi connectivity index (χ3v) is 2.65. The molecule has 2 nitrogen and oxygen atoms in total. The molecule has 0 spiro atoms. The normalized spacial score (nSPS) is 10.6. The lowest BCUT2D eigenvalue weighted by atomic mass is 10.1. The average Bonchev–Trinajstić information content (AvgIpc) is 2.26. The van der Waals surface area contributed by atoms with Crippen molar-refractivity contribution in [3.05, 3.63) is 23.3 Å². The van der Waals surface area contributed by atoms with Gasteiger partial charge in [0.05, 0.1) is 17.1 Å². The van der Waals surface area contributed by atoms with E-state index < -0.39 is 0 Å². The van der Waals surface area contributed by atoms with Crippen LogP contribution in [0.1, 0.15) is 56.6 Å². The van der Waals surface area contributed by atoms with Crippen LogP contribution in [-0.4, -0.2) is 9.97 Å². The zero-order chi connectivity index (χ0) is 11.1. The quantitative estimate of drug-likeness (QED) is 0.666. The zero-order valence-corrected chi connectivity index (χ0v) is 10.2. The lowest BCUT2D eigenvalue weighted by Crippen LogP contribution is -2.02. The van der Waals surface area contributed by atoms with Crippen LogP contribution in [0.25, 0.3) is 0 Å². The van der Waals surface area contributed by atoms with Crippen molar-refractivity contribution in [1.29, 1.82) is 0 Å². The second-order valence-corrected chi connectivity index (χ2v) is 4.07. The monoisotopic (exact) mass is 206 g/mol. The van der Waals surface area contributed by atoms with Crippen LogP contribution >= 0.6 is 0 Å². The van der Waals surface area contributed by atoms with Gasteiger partial charge in [-0.25, -0.2) is 0 Å². The van der Waals surface area contributed by atoms with Crippen LogP contribution in [0.3, 0.4) is 0 Å². The number of aromatic nitrogens is 2. The molecule has 2 heteroatoms. The summed E-state index contributed by atoms with van der Waals surface area (Å²) in [6, 6.07) is 0. The molecule has 0 saturated carbocycles. The Morgan fingerprint density at radius 3 is 2.53 bits per heavy atom. The second kappa shape index (κ2) is 6.54. The highest BCUT2D eigenvalue weighted by atomic mass is 14.8. The Kier molecular flexibility index (Phi) is 5.30. The fourth-order valence-corrected chi connectivity index (χ4v) is 1.76. The maximum atomic E-state index is 4.53. The molecule has 0 radical (unpaired) electrons. The average molecular weight is 206 g/mol. The maximum Gasteiger partial charge on any atom is 0.0619 e. The molecule has 0 aliphatic carbocycles. The molecule has 84 valence electrons. The number of unbranched alkanes of at least 4 members (excludes halogenated alkanes) is 3. The first kappa shape index (κ1) is 12.2. The van der Waals surface area contributed by atoms with Crippen molar-refractivity contribution < 1.29 is 0 Å². The number of nitrogens with zero attached hydrogens (tertiary/aromatic N) is 2. The van der Waals surface area contributed by atoms with E-state index in [1.807, 2.05) is 13.1 Å². The van der Waals surface area contributed by atoms with E-state index in [0.29, 0.717) is 0 Å². The molecule has 0 fully saturated rings. The molecule has 0 aromatic carbocycles. The predicted molar refractivity (Wildman–Crippen MR) is 64.0 cm³/mol. The van der Waals surface area contributed by atoms with Gasteiger partial charge in [-0.1, -0.05) is 33.1 Å². The first-order valence-electron chi connectivity index (χ1n) is 6.09. The fourth-order valence-electron chi connectivity index (χ4n) is 1.76. The number of hydrogen-bond acceptors (Lipinski definition) is 2. The van der Waals surface area contributed by atoms with E-state index in [9.17, 15) is 0 Å². The van der Waals surface area contributed by atoms with E-state index in [1.54, 1.807) is 0 Å². The molecule has 0 atom stereocenters. The number of rotatable bonds is 6. The molecule has 0 N–H and O–H groups in total. The number of aryl methyl sites for hydroxylation is 3. The van der Waals surface area contributed by atoms with Crippen LogP contribution < -0.4 is 0 Å². The third-order valence-electron chi connectivity index (χ3n) is 2.65. The van der Waals surface area contributed by atoms with Crippen LogP contribution in [0, 0.1) is 6.92 Å². The van der Waals surface area contributed by atoms with E-state index >= 15 is 0 Å². The SMILES string of the molecule is CCCCCCc1ncc(C)nc1CC. The van der Waals surface area contributed by atoms with Crippen molar-refractivity contribution in [2.75, 3.05) is 0 Å². The molecule has 0 aliphatic rings. The standard InChI is InChI=1S/C13H22N2/c1-4-6-7-8-9-13-12(5-2)15-11(3)10-14-13/h10H,4-9H2,1-3H3. The molecule has 1 aromatic rings. The molecular formula is C13H22N2.